The van der Waals surface area contributed by atoms with Crippen LogP contribution >= 0.6 is 0 Å². The number of carbonyl (C=O) groups excluding carboxylic acids is 3. The van der Waals surface area contributed by atoms with Gasteiger partial charge in [0.1, 0.15) is 11.2 Å². The van der Waals surface area contributed by atoms with Gasteiger partial charge in [-0.15, -0.1) is 0 Å². The number of rotatable bonds is 6. The Morgan fingerprint density at radius 2 is 1.53 bits per heavy atom. The van der Waals surface area contributed by atoms with E-state index in [2.05, 4.69) is 10.2 Å². The van der Waals surface area contributed by atoms with Gasteiger partial charge in [-0.3, -0.25) is 19.3 Å². The molecule has 7 rings (SSSR count). The van der Waals surface area contributed by atoms with E-state index in [4.69, 9.17) is 4.74 Å². The van der Waals surface area contributed by atoms with Crippen LogP contribution < -0.4 is 15.0 Å². The number of ether oxygens (including phenoxy) is 1. The molecule has 2 amide bonds. The third-order valence-corrected chi connectivity index (χ3v) is 9.56. The highest BCUT2D eigenvalue weighted by Gasteiger charge is 2.68. The van der Waals surface area contributed by atoms with Crippen molar-refractivity contribution < 1.29 is 19.1 Å². The standard InChI is InChI=1S/C36H33N3O4/c1-22-13-15-24(16-14-22)33(40)30-32(38(2)21-36(30)27-11-7-8-12-28(27)37-35(36)42)31-29(23-9-5-4-6-10-23)34(41)39(31)25-17-19-26(43-3)20-18-25/h4-20,29-32H,21H2,1-3H3,(H,37,42)/t29-,30-,31-,32-,36+/m0/s1. The van der Waals surface area contributed by atoms with E-state index in [0.717, 1.165) is 28.1 Å². The Labute approximate surface area is 251 Å². The van der Waals surface area contributed by atoms with Gasteiger partial charge >= 0.3 is 0 Å². The van der Waals surface area contributed by atoms with E-state index >= 15 is 0 Å². The van der Waals surface area contributed by atoms with E-state index in [1.165, 1.54) is 0 Å². The summed E-state index contributed by atoms with van der Waals surface area (Å²) in [5.41, 5.74) is 3.70. The highest BCUT2D eigenvalue weighted by Crippen LogP contribution is 2.55. The van der Waals surface area contributed by atoms with Crippen LogP contribution in [0, 0.1) is 12.8 Å². The fraction of sp³-hybridized carbons (Fsp3) is 0.250. The Hall–Kier alpha value is -4.75. The highest BCUT2D eigenvalue weighted by atomic mass is 16.5. The molecule has 4 aromatic rings. The van der Waals surface area contributed by atoms with E-state index in [1.807, 2.05) is 122 Å². The lowest BCUT2D eigenvalue weighted by Gasteiger charge is -2.52. The predicted octanol–water partition coefficient (Wildman–Crippen LogP) is 5.21. The first-order valence-electron chi connectivity index (χ1n) is 14.6. The van der Waals surface area contributed by atoms with Crippen molar-refractivity contribution in [2.24, 2.45) is 5.92 Å². The van der Waals surface area contributed by atoms with Crippen LogP contribution in [0.5, 0.6) is 5.75 Å². The second kappa shape index (κ2) is 10.2. The number of hydrogen-bond donors (Lipinski definition) is 1. The van der Waals surface area contributed by atoms with Gasteiger partial charge in [-0.2, -0.15) is 0 Å². The first kappa shape index (κ1) is 27.1. The number of nitrogens with zero attached hydrogens (tertiary/aromatic N) is 2. The summed E-state index contributed by atoms with van der Waals surface area (Å²) < 4.78 is 5.38. The molecule has 2 fully saturated rings. The van der Waals surface area contributed by atoms with Crippen molar-refractivity contribution in [1.29, 1.82) is 0 Å². The molecule has 3 aliphatic heterocycles. The van der Waals surface area contributed by atoms with E-state index in [-0.39, 0.29) is 17.6 Å². The lowest BCUT2D eigenvalue weighted by atomic mass is 9.64. The third-order valence-electron chi connectivity index (χ3n) is 9.56. The number of methoxy groups -OCH3 is 1. The monoisotopic (exact) mass is 571 g/mol. The Morgan fingerprint density at radius 3 is 2.23 bits per heavy atom. The Kier molecular flexibility index (Phi) is 6.43. The summed E-state index contributed by atoms with van der Waals surface area (Å²) in [6.07, 6.45) is 0. The van der Waals surface area contributed by atoms with Crippen LogP contribution in [-0.2, 0) is 15.0 Å². The number of likely N-dealkylation sites (N-methyl/N-ethyl adjacent to an activating group) is 1. The smallest absolute Gasteiger partial charge is 0.237 e. The minimum atomic E-state index is -1.11. The molecule has 0 aliphatic carbocycles. The van der Waals surface area contributed by atoms with Crippen LogP contribution in [0.3, 0.4) is 0 Å². The summed E-state index contributed by atoms with van der Waals surface area (Å²) in [4.78, 5) is 46.9. The van der Waals surface area contributed by atoms with Gasteiger partial charge < -0.3 is 15.0 Å². The van der Waals surface area contributed by atoms with Gasteiger partial charge in [-0.25, -0.2) is 0 Å². The zero-order chi connectivity index (χ0) is 29.9. The third kappa shape index (κ3) is 4.02. The summed E-state index contributed by atoms with van der Waals surface area (Å²) in [6, 6.07) is 31.6. The number of ketones is 1. The van der Waals surface area contributed by atoms with E-state index in [1.54, 1.807) is 7.11 Å². The minimum absolute atomic E-state index is 0.0338. The van der Waals surface area contributed by atoms with Crippen LogP contribution in [0.15, 0.2) is 103 Å². The lowest BCUT2D eigenvalue weighted by Crippen LogP contribution is -2.68. The minimum Gasteiger partial charge on any atom is -0.497 e. The van der Waals surface area contributed by atoms with Crippen molar-refractivity contribution >= 4 is 29.0 Å². The molecule has 7 nitrogen and oxygen atoms in total. The molecule has 5 atom stereocenters. The molecule has 0 unspecified atom stereocenters. The Bertz CT molecular complexity index is 1720. The molecule has 3 heterocycles. The van der Waals surface area contributed by atoms with Crippen molar-refractivity contribution in [2.75, 3.05) is 30.9 Å². The second-order valence-electron chi connectivity index (χ2n) is 11.9. The molecule has 7 heteroatoms. The zero-order valence-electron chi connectivity index (χ0n) is 24.4. The van der Waals surface area contributed by atoms with E-state index in [0.29, 0.717) is 17.9 Å². The highest BCUT2D eigenvalue weighted by molar-refractivity contribution is 6.13. The van der Waals surface area contributed by atoms with Gasteiger partial charge in [0.25, 0.3) is 0 Å². The maximum atomic E-state index is 14.8. The number of amides is 2. The van der Waals surface area contributed by atoms with Crippen molar-refractivity contribution in [2.45, 2.75) is 30.3 Å². The molecule has 216 valence electrons. The first-order chi connectivity index (χ1) is 20.8. The van der Waals surface area contributed by atoms with Gasteiger partial charge in [0.05, 0.1) is 25.0 Å². The summed E-state index contributed by atoms with van der Waals surface area (Å²) in [5.74, 6) is -0.827. The molecule has 3 aliphatic rings. The summed E-state index contributed by atoms with van der Waals surface area (Å²) in [5, 5.41) is 3.09. The molecule has 1 spiro atoms. The van der Waals surface area contributed by atoms with E-state index < -0.39 is 29.3 Å². The Morgan fingerprint density at radius 1 is 0.860 bits per heavy atom. The average molecular weight is 572 g/mol. The number of nitrogens with one attached hydrogen (secondary N) is 1. The number of anilines is 2. The number of carbonyl (C=O) groups is 3. The molecule has 0 aromatic heterocycles. The second-order valence-corrected chi connectivity index (χ2v) is 11.9. The molecule has 0 saturated carbocycles. The van der Waals surface area contributed by atoms with Gasteiger partial charge in [-0.05, 0) is 55.4 Å². The van der Waals surface area contributed by atoms with Gasteiger partial charge in [0.2, 0.25) is 11.8 Å². The summed E-state index contributed by atoms with van der Waals surface area (Å²) in [7, 11) is 3.58. The average Bonchev–Trinajstić information content (AvgIpc) is 3.48. The van der Waals surface area contributed by atoms with Crippen LogP contribution in [0.25, 0.3) is 0 Å². The molecular weight excluding hydrogens is 538 g/mol. The molecule has 43 heavy (non-hydrogen) atoms. The van der Waals surface area contributed by atoms with Crippen LogP contribution in [0.2, 0.25) is 0 Å². The number of aryl methyl sites for hydroxylation is 1. The summed E-state index contributed by atoms with van der Waals surface area (Å²) >= 11 is 0. The van der Waals surface area contributed by atoms with Crippen molar-refractivity contribution in [3.63, 3.8) is 0 Å². The molecule has 2 saturated heterocycles. The lowest BCUT2D eigenvalue weighted by molar-refractivity contribution is -0.127. The number of likely N-dealkylation sites (tertiary alicyclic amines) is 1. The number of hydrogen-bond acceptors (Lipinski definition) is 5. The van der Waals surface area contributed by atoms with Crippen LogP contribution in [-0.4, -0.2) is 55.3 Å². The number of benzene rings is 4. The number of β-lactam (4-membered cyclic amide) rings is 1. The molecular formula is C36H33N3O4. The fourth-order valence-corrected chi connectivity index (χ4v) is 7.58. The Balaban J connectivity index is 1.42. The van der Waals surface area contributed by atoms with Crippen molar-refractivity contribution in [3.05, 3.63) is 125 Å². The molecule has 0 radical (unpaired) electrons. The van der Waals surface area contributed by atoms with Crippen molar-refractivity contribution in [3.8, 4) is 5.75 Å². The molecule has 4 aromatic carbocycles. The molecule has 1 N–H and O–H groups in total. The zero-order valence-corrected chi connectivity index (χ0v) is 24.4. The quantitative estimate of drug-likeness (QED) is 0.254. The topological polar surface area (TPSA) is 79.0 Å². The maximum Gasteiger partial charge on any atom is 0.237 e. The molecule has 0 bridgehead atoms. The van der Waals surface area contributed by atoms with Crippen molar-refractivity contribution in [1.82, 2.24) is 4.90 Å². The van der Waals surface area contributed by atoms with Crippen LogP contribution in [0.1, 0.15) is 33.0 Å². The fourth-order valence-electron chi connectivity index (χ4n) is 7.58. The normalized spacial score (nSPS) is 26.3. The van der Waals surface area contributed by atoms with Gasteiger partial charge in [0.15, 0.2) is 5.78 Å². The van der Waals surface area contributed by atoms with Crippen LogP contribution in [0.4, 0.5) is 11.4 Å². The maximum absolute atomic E-state index is 14.8. The number of fused-ring (bicyclic) bond motifs is 2. The number of para-hydroxylation sites is 1. The largest absolute Gasteiger partial charge is 0.497 e. The van der Waals surface area contributed by atoms with Gasteiger partial charge in [0, 0.05) is 29.5 Å². The number of Topliss-reactive ketones (excluding diaryl/α,β-unsaturated/α-hetero) is 1. The van der Waals surface area contributed by atoms with Gasteiger partial charge in [-0.1, -0.05) is 78.4 Å². The first-order valence-corrected chi connectivity index (χ1v) is 14.6. The SMILES string of the molecule is COc1ccc(N2C(=O)[C@@H](c3ccccc3)[C@H]2[C@@H]2[C@@H](C(=O)c3ccc(C)cc3)[C@]3(CN2C)C(=O)Nc2ccccc23)cc1. The summed E-state index contributed by atoms with van der Waals surface area (Å²) in [6.45, 7) is 2.34. The predicted molar refractivity (Wildman–Crippen MR) is 166 cm³/mol. The van der Waals surface area contributed by atoms with E-state index in [9.17, 15) is 14.4 Å².